The molecular weight excluding hydrogens is 400 g/mol. The molecule has 0 radical (unpaired) electrons. The van der Waals surface area contributed by atoms with Gasteiger partial charge in [0.15, 0.2) is 11.6 Å². The highest BCUT2D eigenvalue weighted by molar-refractivity contribution is 7.89. The smallest absolute Gasteiger partial charge is 0.270 e. The maximum atomic E-state index is 13.4. The molecule has 0 saturated carbocycles. The van der Waals surface area contributed by atoms with Crippen molar-refractivity contribution in [3.8, 4) is 0 Å². The van der Waals surface area contributed by atoms with Crippen molar-refractivity contribution in [3.63, 3.8) is 0 Å². The summed E-state index contributed by atoms with van der Waals surface area (Å²) >= 11 is 0. The number of amides is 1. The minimum Gasteiger partial charge on any atom is -0.351 e. The Morgan fingerprint density at radius 1 is 0.966 bits per heavy atom. The highest BCUT2D eigenvalue weighted by atomic mass is 32.2. The van der Waals surface area contributed by atoms with E-state index in [-0.39, 0.29) is 37.0 Å². The zero-order valence-electron chi connectivity index (χ0n) is 15.7. The molecule has 29 heavy (non-hydrogen) atoms. The van der Waals surface area contributed by atoms with Crippen LogP contribution in [0.3, 0.4) is 0 Å². The molecule has 0 spiro atoms. The number of fused-ring (bicyclic) bond motifs is 1. The molecule has 1 amide bonds. The molecule has 1 aromatic heterocycles. The monoisotopic (exact) mass is 419 g/mol. The van der Waals surface area contributed by atoms with Gasteiger partial charge in [0, 0.05) is 37.1 Å². The largest absolute Gasteiger partial charge is 0.351 e. The summed E-state index contributed by atoms with van der Waals surface area (Å²) < 4.78 is 53.1. The van der Waals surface area contributed by atoms with Crippen LogP contribution in [0.5, 0.6) is 0 Å². The average molecular weight is 419 g/mol. The summed E-state index contributed by atoms with van der Waals surface area (Å²) in [5.74, 6) is -2.52. The molecule has 1 aliphatic heterocycles. The zero-order valence-corrected chi connectivity index (χ0v) is 16.5. The van der Waals surface area contributed by atoms with E-state index < -0.39 is 21.7 Å². The molecule has 0 bridgehead atoms. The van der Waals surface area contributed by atoms with Gasteiger partial charge in [0.1, 0.15) is 5.69 Å². The minimum absolute atomic E-state index is 0.0758. The number of carbonyl (C=O) groups excluding carboxylic acids is 1. The summed E-state index contributed by atoms with van der Waals surface area (Å²) in [5, 5.41) is 0.938. The van der Waals surface area contributed by atoms with E-state index in [4.69, 9.17) is 0 Å². The molecule has 1 N–H and O–H groups in total. The number of nitrogens with one attached hydrogen (secondary N) is 1. The number of aromatic nitrogens is 1. The number of hydrogen-bond acceptors (Lipinski definition) is 3. The van der Waals surface area contributed by atoms with Gasteiger partial charge in [-0.2, -0.15) is 4.31 Å². The molecule has 9 heteroatoms. The lowest BCUT2D eigenvalue weighted by Gasteiger charge is -2.33. The molecule has 4 rings (SSSR count). The summed E-state index contributed by atoms with van der Waals surface area (Å²) in [7, 11) is -3.96. The van der Waals surface area contributed by atoms with Crippen molar-refractivity contribution in [2.75, 3.05) is 26.2 Å². The molecular formula is C20H19F2N3O3S. The molecule has 3 aromatic rings. The van der Waals surface area contributed by atoms with Gasteiger partial charge in [-0.05, 0) is 43.3 Å². The van der Waals surface area contributed by atoms with Gasteiger partial charge in [-0.3, -0.25) is 4.79 Å². The topological polar surface area (TPSA) is 73.5 Å². The summed E-state index contributed by atoms with van der Waals surface area (Å²) in [6.07, 6.45) is 0. The number of aryl methyl sites for hydroxylation is 1. The van der Waals surface area contributed by atoms with Crippen LogP contribution in [0.2, 0.25) is 0 Å². The second-order valence-electron chi connectivity index (χ2n) is 7.05. The number of nitrogens with zero attached hydrogens (tertiary/aromatic N) is 2. The third-order valence-electron chi connectivity index (χ3n) is 5.06. The molecule has 152 valence electrons. The fraction of sp³-hybridized carbons (Fsp3) is 0.250. The van der Waals surface area contributed by atoms with Crippen molar-refractivity contribution in [1.82, 2.24) is 14.2 Å². The summed E-state index contributed by atoms with van der Waals surface area (Å²) in [6.45, 7) is 2.53. The lowest BCUT2D eigenvalue weighted by atomic mass is 10.2. The first-order valence-electron chi connectivity index (χ1n) is 9.09. The molecule has 0 unspecified atom stereocenters. The van der Waals surface area contributed by atoms with Crippen LogP contribution in [0.1, 0.15) is 16.1 Å². The van der Waals surface area contributed by atoms with E-state index in [1.165, 1.54) is 4.31 Å². The molecule has 0 aliphatic carbocycles. The Morgan fingerprint density at radius 3 is 2.38 bits per heavy atom. The molecule has 6 nitrogen and oxygen atoms in total. The number of rotatable bonds is 3. The Balaban J connectivity index is 1.48. The second-order valence-corrected chi connectivity index (χ2v) is 8.98. The molecule has 1 aliphatic rings. The van der Waals surface area contributed by atoms with Gasteiger partial charge in [-0.1, -0.05) is 11.6 Å². The van der Waals surface area contributed by atoms with Crippen LogP contribution in [-0.2, 0) is 10.0 Å². The highest BCUT2D eigenvalue weighted by Gasteiger charge is 2.31. The molecule has 0 atom stereocenters. The van der Waals surface area contributed by atoms with Crippen LogP contribution < -0.4 is 0 Å². The molecule has 1 saturated heterocycles. The molecule has 2 aromatic carbocycles. The van der Waals surface area contributed by atoms with E-state index >= 15 is 0 Å². The number of halogens is 2. The number of carbonyl (C=O) groups is 1. The Hall–Kier alpha value is -2.78. The predicted molar refractivity (Wildman–Crippen MR) is 104 cm³/mol. The Morgan fingerprint density at radius 2 is 1.69 bits per heavy atom. The van der Waals surface area contributed by atoms with Crippen molar-refractivity contribution in [3.05, 3.63) is 65.4 Å². The van der Waals surface area contributed by atoms with Gasteiger partial charge in [0.25, 0.3) is 5.91 Å². The van der Waals surface area contributed by atoms with Gasteiger partial charge in [0.2, 0.25) is 10.0 Å². The SMILES string of the molecule is Cc1ccc2[nH]c(C(=O)N3CCN(S(=O)(=O)c4ccc(F)c(F)c4)CC3)cc2c1. The Kier molecular flexibility index (Phi) is 4.87. The zero-order chi connectivity index (χ0) is 20.8. The van der Waals surface area contributed by atoms with E-state index in [1.807, 2.05) is 25.1 Å². The Bertz CT molecular complexity index is 1200. The lowest BCUT2D eigenvalue weighted by Crippen LogP contribution is -2.50. The third-order valence-corrected chi connectivity index (χ3v) is 6.96. The maximum absolute atomic E-state index is 13.4. The van der Waals surface area contributed by atoms with Crippen molar-refractivity contribution >= 4 is 26.8 Å². The number of hydrogen-bond donors (Lipinski definition) is 1. The van der Waals surface area contributed by atoms with Gasteiger partial charge in [0.05, 0.1) is 4.90 Å². The summed E-state index contributed by atoms with van der Waals surface area (Å²) in [6, 6.07) is 10.1. The highest BCUT2D eigenvalue weighted by Crippen LogP contribution is 2.22. The van der Waals surface area contributed by atoms with Gasteiger partial charge in [-0.15, -0.1) is 0 Å². The average Bonchev–Trinajstić information content (AvgIpc) is 3.12. The quantitative estimate of drug-likeness (QED) is 0.710. The first-order chi connectivity index (χ1) is 13.8. The van der Waals surface area contributed by atoms with Crippen LogP contribution in [0, 0.1) is 18.6 Å². The molecule has 2 heterocycles. The van der Waals surface area contributed by atoms with Crippen LogP contribution in [0.25, 0.3) is 10.9 Å². The van der Waals surface area contributed by atoms with Crippen molar-refractivity contribution in [2.45, 2.75) is 11.8 Å². The van der Waals surface area contributed by atoms with E-state index in [1.54, 1.807) is 11.0 Å². The van der Waals surface area contributed by atoms with Gasteiger partial charge >= 0.3 is 0 Å². The second kappa shape index (κ2) is 7.23. The number of piperazine rings is 1. The normalized spacial score (nSPS) is 15.8. The van der Waals surface area contributed by atoms with Crippen molar-refractivity contribution in [1.29, 1.82) is 0 Å². The summed E-state index contributed by atoms with van der Waals surface area (Å²) in [4.78, 5) is 17.2. The standard InChI is InChI=1S/C20H19F2N3O3S/c1-13-2-5-18-14(10-13)11-19(23-18)20(26)24-6-8-25(9-7-24)29(27,28)15-3-4-16(21)17(22)12-15/h2-5,10-12,23H,6-9H2,1H3. The first-order valence-corrected chi connectivity index (χ1v) is 10.5. The Labute approximate surface area is 166 Å². The van der Waals surface area contributed by atoms with Crippen LogP contribution in [0.4, 0.5) is 8.78 Å². The van der Waals surface area contributed by atoms with Crippen LogP contribution in [0.15, 0.2) is 47.4 Å². The summed E-state index contributed by atoms with van der Waals surface area (Å²) in [5.41, 5.74) is 2.40. The minimum atomic E-state index is -3.96. The van der Waals surface area contributed by atoms with E-state index in [0.29, 0.717) is 11.8 Å². The van der Waals surface area contributed by atoms with Crippen molar-refractivity contribution in [2.24, 2.45) is 0 Å². The van der Waals surface area contributed by atoms with Gasteiger partial charge in [-0.25, -0.2) is 17.2 Å². The van der Waals surface area contributed by atoms with E-state index in [9.17, 15) is 22.0 Å². The van der Waals surface area contributed by atoms with E-state index in [0.717, 1.165) is 28.6 Å². The maximum Gasteiger partial charge on any atom is 0.270 e. The van der Waals surface area contributed by atoms with E-state index in [2.05, 4.69) is 4.98 Å². The first kappa shape index (κ1) is 19.5. The fourth-order valence-electron chi connectivity index (χ4n) is 3.46. The number of benzene rings is 2. The van der Waals surface area contributed by atoms with Crippen molar-refractivity contribution < 1.29 is 22.0 Å². The number of sulfonamides is 1. The predicted octanol–water partition coefficient (Wildman–Crippen LogP) is 2.90. The molecule has 1 fully saturated rings. The van der Waals surface area contributed by atoms with Gasteiger partial charge < -0.3 is 9.88 Å². The van der Waals surface area contributed by atoms with Crippen LogP contribution >= 0.6 is 0 Å². The third kappa shape index (κ3) is 3.63. The number of H-pyrrole nitrogens is 1. The van der Waals surface area contributed by atoms with Crippen LogP contribution in [-0.4, -0.2) is 54.7 Å². The lowest BCUT2D eigenvalue weighted by molar-refractivity contribution is 0.0693. The fourth-order valence-corrected chi connectivity index (χ4v) is 4.89. The number of aromatic amines is 1.